The first kappa shape index (κ1) is 29.3. The normalized spacial score (nSPS) is 13.2. The fraction of sp³-hybridized carbons (Fsp3) is 0.143. The highest BCUT2D eigenvalue weighted by atomic mass is 14.9. The van der Waals surface area contributed by atoms with Crippen molar-refractivity contribution in [3.05, 3.63) is 168 Å². The number of benzene rings is 6. The first-order valence-corrected chi connectivity index (χ1v) is 15.6. The molecule has 0 aliphatic heterocycles. The molecule has 0 radical (unpaired) electrons. The van der Waals surface area contributed by atoms with E-state index in [1.807, 2.05) is 6.07 Å². The van der Waals surface area contributed by atoms with Crippen LogP contribution in [0.2, 0.25) is 0 Å². The maximum atomic E-state index is 3.69. The van der Waals surface area contributed by atoms with Crippen LogP contribution in [0.15, 0.2) is 146 Å². The standard InChI is InChI=1S/C42H40N2/c1-31(35-17-7-4-8-18-35)43-27-12-16-34-23-24-36-25-26-37(30-38(36)29-34)40-20-10-21-41-39(19-9-22-42(40)41)32(2)44-28-11-15-33-13-5-3-6-14-33/h3-26,29-32,43-44H,27-28H2,1-2H3. The smallest absolute Gasteiger partial charge is 0.0300 e. The van der Waals surface area contributed by atoms with Crippen molar-refractivity contribution in [3.63, 3.8) is 0 Å². The van der Waals surface area contributed by atoms with Crippen molar-refractivity contribution in [2.75, 3.05) is 13.1 Å². The van der Waals surface area contributed by atoms with Gasteiger partial charge in [0.2, 0.25) is 0 Å². The summed E-state index contributed by atoms with van der Waals surface area (Å²) in [7, 11) is 0. The average Bonchev–Trinajstić information content (AvgIpc) is 3.08. The molecule has 0 saturated heterocycles. The molecule has 218 valence electrons. The molecule has 0 aliphatic rings. The zero-order chi connectivity index (χ0) is 30.1. The minimum atomic E-state index is 0.227. The van der Waals surface area contributed by atoms with E-state index in [4.69, 9.17) is 0 Å². The van der Waals surface area contributed by atoms with Crippen molar-refractivity contribution in [3.8, 4) is 11.1 Å². The highest BCUT2D eigenvalue weighted by molar-refractivity contribution is 6.00. The summed E-state index contributed by atoms with van der Waals surface area (Å²) in [5, 5.41) is 12.4. The van der Waals surface area contributed by atoms with Crippen LogP contribution < -0.4 is 10.6 Å². The predicted molar refractivity (Wildman–Crippen MR) is 191 cm³/mol. The minimum Gasteiger partial charge on any atom is -0.307 e. The van der Waals surface area contributed by atoms with Crippen molar-refractivity contribution in [1.82, 2.24) is 10.6 Å². The minimum absolute atomic E-state index is 0.227. The van der Waals surface area contributed by atoms with E-state index in [2.05, 4.69) is 176 Å². The molecule has 44 heavy (non-hydrogen) atoms. The lowest BCUT2D eigenvalue weighted by Gasteiger charge is -2.17. The van der Waals surface area contributed by atoms with Crippen LogP contribution in [-0.4, -0.2) is 13.1 Å². The molecule has 0 bridgehead atoms. The molecule has 6 rings (SSSR count). The molecule has 2 N–H and O–H groups in total. The number of fused-ring (bicyclic) bond motifs is 2. The van der Waals surface area contributed by atoms with Gasteiger partial charge < -0.3 is 10.6 Å². The van der Waals surface area contributed by atoms with E-state index in [-0.39, 0.29) is 6.04 Å². The fourth-order valence-electron chi connectivity index (χ4n) is 5.91. The maximum absolute atomic E-state index is 3.69. The molecular formula is C42H40N2. The lowest BCUT2D eigenvalue weighted by Crippen LogP contribution is -2.18. The van der Waals surface area contributed by atoms with Crippen molar-refractivity contribution in [2.45, 2.75) is 25.9 Å². The first-order chi connectivity index (χ1) is 21.7. The Morgan fingerprint density at radius 3 is 1.98 bits per heavy atom. The lowest BCUT2D eigenvalue weighted by atomic mass is 9.92. The molecule has 0 amide bonds. The Hall–Kier alpha value is -4.76. The van der Waals surface area contributed by atoms with Crippen LogP contribution in [0.3, 0.4) is 0 Å². The van der Waals surface area contributed by atoms with Gasteiger partial charge in [-0.15, -0.1) is 0 Å². The third-order valence-corrected chi connectivity index (χ3v) is 8.40. The van der Waals surface area contributed by atoms with Gasteiger partial charge in [-0.05, 0) is 80.9 Å². The van der Waals surface area contributed by atoms with Crippen LogP contribution in [-0.2, 0) is 0 Å². The van der Waals surface area contributed by atoms with Crippen LogP contribution in [0.5, 0.6) is 0 Å². The van der Waals surface area contributed by atoms with Gasteiger partial charge in [0.05, 0.1) is 0 Å². The van der Waals surface area contributed by atoms with E-state index in [1.165, 1.54) is 54.9 Å². The number of hydrogen-bond acceptors (Lipinski definition) is 2. The van der Waals surface area contributed by atoms with Gasteiger partial charge in [-0.25, -0.2) is 0 Å². The van der Waals surface area contributed by atoms with Gasteiger partial charge in [0.1, 0.15) is 0 Å². The number of rotatable bonds is 11. The highest BCUT2D eigenvalue weighted by Crippen LogP contribution is 2.34. The topological polar surface area (TPSA) is 24.1 Å². The summed E-state index contributed by atoms with van der Waals surface area (Å²) in [6.07, 6.45) is 8.79. The lowest BCUT2D eigenvalue weighted by molar-refractivity contribution is 0.618. The summed E-state index contributed by atoms with van der Waals surface area (Å²) in [5.41, 5.74) is 7.57. The van der Waals surface area contributed by atoms with E-state index in [1.54, 1.807) is 0 Å². The van der Waals surface area contributed by atoms with Crippen molar-refractivity contribution in [2.24, 2.45) is 0 Å². The molecule has 0 fully saturated rings. The molecule has 0 aliphatic carbocycles. The quantitative estimate of drug-likeness (QED) is 0.161. The Kier molecular flexibility index (Phi) is 9.42. The van der Waals surface area contributed by atoms with Crippen LogP contribution in [0, 0.1) is 0 Å². The molecule has 0 saturated carbocycles. The van der Waals surface area contributed by atoms with Gasteiger partial charge in [-0.1, -0.05) is 146 Å². The number of hydrogen-bond donors (Lipinski definition) is 2. The predicted octanol–water partition coefficient (Wildman–Crippen LogP) is 10.4. The van der Waals surface area contributed by atoms with E-state index >= 15 is 0 Å². The molecule has 0 spiro atoms. The Morgan fingerprint density at radius 2 is 1.18 bits per heavy atom. The Labute approximate surface area is 261 Å². The number of nitrogens with one attached hydrogen (secondary N) is 2. The van der Waals surface area contributed by atoms with E-state index < -0.39 is 0 Å². The van der Waals surface area contributed by atoms with Crippen LogP contribution in [0.4, 0.5) is 0 Å². The molecule has 0 heterocycles. The molecule has 6 aromatic carbocycles. The highest BCUT2D eigenvalue weighted by Gasteiger charge is 2.12. The molecule has 2 heteroatoms. The third-order valence-electron chi connectivity index (χ3n) is 8.40. The van der Waals surface area contributed by atoms with Crippen LogP contribution >= 0.6 is 0 Å². The van der Waals surface area contributed by atoms with Gasteiger partial charge in [0.15, 0.2) is 0 Å². The molecule has 2 unspecified atom stereocenters. The van der Waals surface area contributed by atoms with Gasteiger partial charge in [-0.2, -0.15) is 0 Å². The Bertz CT molecular complexity index is 1890. The van der Waals surface area contributed by atoms with E-state index in [9.17, 15) is 0 Å². The summed E-state index contributed by atoms with van der Waals surface area (Å²) in [6.45, 7) is 6.10. The van der Waals surface area contributed by atoms with Crippen molar-refractivity contribution in [1.29, 1.82) is 0 Å². The SMILES string of the molecule is CC(NCC=Cc1ccc2ccc(-c3cccc4c(C(C)NCC=Cc5ccccc5)cccc34)cc2c1)c1ccccc1. The van der Waals surface area contributed by atoms with E-state index in [0.29, 0.717) is 6.04 Å². The first-order valence-electron chi connectivity index (χ1n) is 15.6. The zero-order valence-electron chi connectivity index (χ0n) is 25.6. The Balaban J connectivity index is 1.18. The van der Waals surface area contributed by atoms with Gasteiger partial charge in [0, 0.05) is 25.2 Å². The second-order valence-electron chi connectivity index (χ2n) is 11.5. The summed E-state index contributed by atoms with van der Waals surface area (Å²) >= 11 is 0. The summed E-state index contributed by atoms with van der Waals surface area (Å²) in [4.78, 5) is 0. The largest absolute Gasteiger partial charge is 0.307 e. The fourth-order valence-corrected chi connectivity index (χ4v) is 5.91. The molecule has 2 nitrogen and oxygen atoms in total. The monoisotopic (exact) mass is 572 g/mol. The second kappa shape index (κ2) is 14.1. The van der Waals surface area contributed by atoms with Gasteiger partial charge in [-0.3, -0.25) is 0 Å². The second-order valence-corrected chi connectivity index (χ2v) is 11.5. The van der Waals surface area contributed by atoms with Crippen LogP contribution in [0.1, 0.15) is 48.2 Å². The van der Waals surface area contributed by atoms with Crippen molar-refractivity contribution < 1.29 is 0 Å². The van der Waals surface area contributed by atoms with Gasteiger partial charge in [0.25, 0.3) is 0 Å². The van der Waals surface area contributed by atoms with Crippen LogP contribution in [0.25, 0.3) is 44.8 Å². The molecular weight excluding hydrogens is 532 g/mol. The molecule has 6 aromatic rings. The summed E-state index contributed by atoms with van der Waals surface area (Å²) in [5.74, 6) is 0. The summed E-state index contributed by atoms with van der Waals surface area (Å²) in [6, 6.07) is 48.5. The van der Waals surface area contributed by atoms with Crippen molar-refractivity contribution >= 4 is 33.7 Å². The zero-order valence-corrected chi connectivity index (χ0v) is 25.6. The van der Waals surface area contributed by atoms with E-state index in [0.717, 1.165) is 13.1 Å². The third kappa shape index (κ3) is 7.06. The maximum Gasteiger partial charge on any atom is 0.0300 e. The molecule has 0 aromatic heterocycles. The van der Waals surface area contributed by atoms with Gasteiger partial charge >= 0.3 is 0 Å². The molecule has 2 atom stereocenters. The Morgan fingerprint density at radius 1 is 0.523 bits per heavy atom. The average molecular weight is 573 g/mol. The summed E-state index contributed by atoms with van der Waals surface area (Å²) < 4.78 is 0.